The van der Waals surface area contributed by atoms with E-state index < -0.39 is 0 Å². The quantitative estimate of drug-likeness (QED) is 0.740. The lowest BCUT2D eigenvalue weighted by Gasteiger charge is -2.27. The molecule has 2 heteroatoms. The molecule has 3 rings (SSSR count). The smallest absolute Gasteiger partial charge is 0.0408 e. The van der Waals surface area contributed by atoms with Gasteiger partial charge in [0.15, 0.2) is 0 Å². The van der Waals surface area contributed by atoms with E-state index in [1.807, 2.05) is 6.07 Å². The fourth-order valence-corrected chi connectivity index (χ4v) is 3.79. The summed E-state index contributed by atoms with van der Waals surface area (Å²) in [7, 11) is 0. The largest absolute Gasteiger partial charge is 0.313 e. The number of hydrogen-bond donors (Lipinski definition) is 1. The highest BCUT2D eigenvalue weighted by Gasteiger charge is 2.27. The lowest BCUT2D eigenvalue weighted by molar-refractivity contribution is 0.360. The summed E-state index contributed by atoms with van der Waals surface area (Å²) in [5, 5.41) is 4.63. The van der Waals surface area contributed by atoms with Gasteiger partial charge in [0.1, 0.15) is 0 Å². The highest BCUT2D eigenvalue weighted by molar-refractivity contribution is 6.30. The third-order valence-electron chi connectivity index (χ3n) is 4.95. The van der Waals surface area contributed by atoms with Crippen LogP contribution in [0.4, 0.5) is 0 Å². The van der Waals surface area contributed by atoms with Gasteiger partial charge in [-0.3, -0.25) is 0 Å². The molecular weight excluding hydrogens is 266 g/mol. The summed E-state index contributed by atoms with van der Waals surface area (Å²) in [5.41, 5.74) is 1.44. The van der Waals surface area contributed by atoms with Crippen LogP contribution in [0.15, 0.2) is 24.3 Å². The lowest BCUT2D eigenvalue weighted by atomic mass is 9.81. The van der Waals surface area contributed by atoms with Gasteiger partial charge in [0.25, 0.3) is 0 Å². The van der Waals surface area contributed by atoms with Crippen LogP contribution in [-0.2, 0) is 0 Å². The van der Waals surface area contributed by atoms with Crippen LogP contribution in [0.25, 0.3) is 0 Å². The zero-order chi connectivity index (χ0) is 13.8. The van der Waals surface area contributed by atoms with Crippen molar-refractivity contribution in [2.75, 3.05) is 6.54 Å². The normalized spacial score (nSPS) is 22.4. The zero-order valence-corrected chi connectivity index (χ0v) is 13.0. The molecule has 0 radical (unpaired) electrons. The molecule has 1 nitrogen and oxygen atoms in total. The molecule has 0 amide bonds. The summed E-state index contributed by atoms with van der Waals surface area (Å²) in [6.45, 7) is 1.13. The first-order valence-electron chi connectivity index (χ1n) is 8.32. The average molecular weight is 292 g/mol. The SMILES string of the molecule is Clc1cccc(C(CNC2CC2)C2CCCCCC2)c1. The molecule has 2 fully saturated rings. The van der Waals surface area contributed by atoms with E-state index in [2.05, 4.69) is 23.5 Å². The van der Waals surface area contributed by atoms with Crippen molar-refractivity contribution in [2.24, 2.45) is 5.92 Å². The Morgan fingerprint density at radius 3 is 2.45 bits per heavy atom. The van der Waals surface area contributed by atoms with Gasteiger partial charge < -0.3 is 5.32 Å². The van der Waals surface area contributed by atoms with Crippen molar-refractivity contribution >= 4 is 11.6 Å². The molecule has 1 atom stereocenters. The maximum Gasteiger partial charge on any atom is 0.0408 e. The first-order chi connectivity index (χ1) is 9.83. The molecule has 20 heavy (non-hydrogen) atoms. The minimum atomic E-state index is 0.646. The van der Waals surface area contributed by atoms with Crippen molar-refractivity contribution in [3.8, 4) is 0 Å². The van der Waals surface area contributed by atoms with E-state index in [9.17, 15) is 0 Å². The topological polar surface area (TPSA) is 12.0 Å². The molecule has 0 heterocycles. The van der Waals surface area contributed by atoms with Crippen molar-refractivity contribution in [3.05, 3.63) is 34.9 Å². The monoisotopic (exact) mass is 291 g/mol. The van der Waals surface area contributed by atoms with E-state index in [0.717, 1.165) is 23.5 Å². The minimum absolute atomic E-state index is 0.646. The Morgan fingerprint density at radius 2 is 1.80 bits per heavy atom. The molecule has 1 N–H and O–H groups in total. The van der Waals surface area contributed by atoms with Gasteiger partial charge >= 0.3 is 0 Å². The van der Waals surface area contributed by atoms with Crippen LogP contribution in [0.1, 0.15) is 62.8 Å². The highest BCUT2D eigenvalue weighted by Crippen LogP contribution is 2.36. The fraction of sp³-hybridized carbons (Fsp3) is 0.667. The second-order valence-electron chi connectivity index (χ2n) is 6.60. The van der Waals surface area contributed by atoms with Crippen molar-refractivity contribution in [1.82, 2.24) is 5.32 Å². The summed E-state index contributed by atoms with van der Waals surface area (Å²) in [6, 6.07) is 9.35. The fourth-order valence-electron chi connectivity index (χ4n) is 3.59. The number of benzene rings is 1. The molecule has 2 saturated carbocycles. The molecule has 2 aliphatic rings. The Hall–Kier alpha value is -0.530. The van der Waals surface area contributed by atoms with E-state index in [0.29, 0.717) is 5.92 Å². The minimum Gasteiger partial charge on any atom is -0.313 e. The van der Waals surface area contributed by atoms with Crippen LogP contribution >= 0.6 is 11.6 Å². The van der Waals surface area contributed by atoms with Gasteiger partial charge in [0.2, 0.25) is 0 Å². The number of rotatable bonds is 5. The second-order valence-corrected chi connectivity index (χ2v) is 7.03. The maximum atomic E-state index is 6.21. The number of hydrogen-bond acceptors (Lipinski definition) is 1. The summed E-state index contributed by atoms with van der Waals surface area (Å²) in [6.07, 6.45) is 11.2. The van der Waals surface area contributed by atoms with Gasteiger partial charge in [-0.2, -0.15) is 0 Å². The summed E-state index contributed by atoms with van der Waals surface area (Å²) < 4.78 is 0. The Balaban J connectivity index is 1.73. The van der Waals surface area contributed by atoms with E-state index in [-0.39, 0.29) is 0 Å². The summed E-state index contributed by atoms with van der Waals surface area (Å²) in [4.78, 5) is 0. The van der Waals surface area contributed by atoms with Crippen LogP contribution in [0.5, 0.6) is 0 Å². The first-order valence-corrected chi connectivity index (χ1v) is 8.69. The Labute approximate surface area is 128 Å². The third-order valence-corrected chi connectivity index (χ3v) is 5.18. The summed E-state index contributed by atoms with van der Waals surface area (Å²) >= 11 is 6.21. The molecular formula is C18H26ClN. The van der Waals surface area contributed by atoms with Gasteiger partial charge in [0.05, 0.1) is 0 Å². The van der Waals surface area contributed by atoms with Gasteiger partial charge in [-0.25, -0.2) is 0 Å². The lowest BCUT2D eigenvalue weighted by Crippen LogP contribution is -2.28. The average Bonchev–Trinajstić information content (AvgIpc) is 3.26. The standard InChI is InChI=1S/C18H26ClN/c19-16-9-5-8-15(12-16)18(13-20-17-10-11-17)14-6-3-1-2-4-7-14/h5,8-9,12,14,17-18,20H,1-4,6-7,10-11,13H2. The van der Waals surface area contributed by atoms with Crippen LogP contribution in [0, 0.1) is 5.92 Å². The van der Waals surface area contributed by atoms with Gasteiger partial charge in [-0.1, -0.05) is 49.4 Å². The molecule has 110 valence electrons. The van der Waals surface area contributed by atoms with E-state index in [4.69, 9.17) is 11.6 Å². The van der Waals surface area contributed by atoms with E-state index in [1.165, 1.54) is 56.9 Å². The van der Waals surface area contributed by atoms with Gasteiger partial charge in [-0.15, -0.1) is 0 Å². The predicted octanol–water partition coefficient (Wildman–Crippen LogP) is 5.15. The zero-order valence-electron chi connectivity index (χ0n) is 12.3. The van der Waals surface area contributed by atoms with Crippen molar-refractivity contribution in [2.45, 2.75) is 63.3 Å². The predicted molar refractivity (Wildman–Crippen MR) is 86.4 cm³/mol. The van der Waals surface area contributed by atoms with Crippen LogP contribution in [0.2, 0.25) is 5.02 Å². The second kappa shape index (κ2) is 6.95. The molecule has 1 unspecified atom stereocenters. The molecule has 0 saturated heterocycles. The molecule has 0 aromatic heterocycles. The third kappa shape index (κ3) is 3.99. The van der Waals surface area contributed by atoms with Crippen LogP contribution in [-0.4, -0.2) is 12.6 Å². The first kappa shape index (κ1) is 14.4. The molecule has 0 bridgehead atoms. The Bertz CT molecular complexity index is 419. The van der Waals surface area contributed by atoms with Crippen molar-refractivity contribution in [1.29, 1.82) is 0 Å². The Kier molecular flexibility index (Phi) is 5.01. The maximum absolute atomic E-state index is 6.21. The van der Waals surface area contributed by atoms with Crippen molar-refractivity contribution < 1.29 is 0 Å². The van der Waals surface area contributed by atoms with Crippen LogP contribution < -0.4 is 5.32 Å². The summed E-state index contributed by atoms with van der Waals surface area (Å²) in [5.74, 6) is 1.48. The molecule has 1 aromatic carbocycles. The van der Waals surface area contributed by atoms with E-state index in [1.54, 1.807) is 0 Å². The van der Waals surface area contributed by atoms with Crippen molar-refractivity contribution in [3.63, 3.8) is 0 Å². The number of halogens is 1. The molecule has 0 spiro atoms. The Morgan fingerprint density at radius 1 is 1.05 bits per heavy atom. The van der Waals surface area contributed by atoms with Gasteiger partial charge in [0, 0.05) is 17.6 Å². The molecule has 2 aliphatic carbocycles. The molecule has 0 aliphatic heterocycles. The highest BCUT2D eigenvalue weighted by atomic mass is 35.5. The molecule has 1 aromatic rings. The number of nitrogens with one attached hydrogen (secondary N) is 1. The van der Waals surface area contributed by atoms with Crippen LogP contribution in [0.3, 0.4) is 0 Å². The van der Waals surface area contributed by atoms with Gasteiger partial charge in [-0.05, 0) is 55.2 Å². The van der Waals surface area contributed by atoms with E-state index >= 15 is 0 Å².